The highest BCUT2D eigenvalue weighted by Gasteiger charge is 2.40. The van der Waals surface area contributed by atoms with E-state index in [1.807, 2.05) is 17.8 Å². The first kappa shape index (κ1) is 14.4. The SMILES string of the molecule is N#CC1(NC2CC2)CCCC(Sc2ccccc2Br)C1. The van der Waals surface area contributed by atoms with Gasteiger partial charge in [0.2, 0.25) is 0 Å². The molecule has 4 heteroatoms. The van der Waals surface area contributed by atoms with Crippen LogP contribution in [0.25, 0.3) is 0 Å². The van der Waals surface area contributed by atoms with E-state index in [4.69, 9.17) is 0 Å². The Hall–Kier alpha value is -0.500. The molecule has 2 saturated carbocycles. The standard InChI is InChI=1S/C16H19BrN2S/c17-14-5-1-2-6-15(14)20-13-4-3-9-16(10-13,11-18)19-12-7-8-12/h1-2,5-6,12-13,19H,3-4,7-10H2. The van der Waals surface area contributed by atoms with Gasteiger partial charge in [0.15, 0.2) is 0 Å². The van der Waals surface area contributed by atoms with Crippen LogP contribution in [0.2, 0.25) is 0 Å². The molecular weight excluding hydrogens is 332 g/mol. The van der Waals surface area contributed by atoms with Crippen LogP contribution in [0.3, 0.4) is 0 Å². The molecule has 1 aromatic rings. The molecule has 3 rings (SSSR count). The van der Waals surface area contributed by atoms with Crippen LogP contribution < -0.4 is 5.32 Å². The van der Waals surface area contributed by atoms with Gasteiger partial charge in [-0.25, -0.2) is 0 Å². The molecule has 0 spiro atoms. The predicted octanol–water partition coefficient (Wildman–Crippen LogP) is 4.50. The zero-order chi connectivity index (χ0) is 14.0. The predicted molar refractivity (Wildman–Crippen MR) is 86.8 cm³/mol. The molecule has 2 fully saturated rings. The zero-order valence-electron chi connectivity index (χ0n) is 11.4. The topological polar surface area (TPSA) is 35.8 Å². The highest BCUT2D eigenvalue weighted by molar-refractivity contribution is 9.10. The van der Waals surface area contributed by atoms with Crippen molar-refractivity contribution >= 4 is 27.7 Å². The molecule has 20 heavy (non-hydrogen) atoms. The summed E-state index contributed by atoms with van der Waals surface area (Å²) in [6, 6.07) is 11.6. The van der Waals surface area contributed by atoms with Crippen molar-refractivity contribution in [2.75, 3.05) is 0 Å². The smallest absolute Gasteiger partial charge is 0.108 e. The number of nitriles is 1. The van der Waals surface area contributed by atoms with E-state index in [1.54, 1.807) is 0 Å². The monoisotopic (exact) mass is 350 g/mol. The first-order chi connectivity index (χ1) is 9.71. The van der Waals surface area contributed by atoms with Crippen LogP contribution >= 0.6 is 27.7 Å². The van der Waals surface area contributed by atoms with Crippen LogP contribution in [-0.2, 0) is 0 Å². The first-order valence-corrected chi connectivity index (χ1v) is 8.98. The maximum atomic E-state index is 9.63. The van der Waals surface area contributed by atoms with Gasteiger partial charge in [0.05, 0.1) is 6.07 Å². The van der Waals surface area contributed by atoms with Crippen LogP contribution in [-0.4, -0.2) is 16.8 Å². The molecule has 0 amide bonds. The molecule has 0 aromatic heterocycles. The quantitative estimate of drug-likeness (QED) is 0.868. The minimum absolute atomic E-state index is 0.279. The van der Waals surface area contributed by atoms with E-state index in [0.717, 1.165) is 23.7 Å². The van der Waals surface area contributed by atoms with Gasteiger partial charge in [0.25, 0.3) is 0 Å². The van der Waals surface area contributed by atoms with E-state index >= 15 is 0 Å². The molecule has 0 radical (unpaired) electrons. The maximum Gasteiger partial charge on any atom is 0.108 e. The summed E-state index contributed by atoms with van der Waals surface area (Å²) in [7, 11) is 0. The van der Waals surface area contributed by atoms with E-state index in [-0.39, 0.29) is 5.54 Å². The van der Waals surface area contributed by atoms with Gasteiger partial charge in [-0.1, -0.05) is 12.1 Å². The Kier molecular flexibility index (Phi) is 4.40. The molecule has 106 valence electrons. The van der Waals surface area contributed by atoms with Crippen molar-refractivity contribution in [1.82, 2.24) is 5.32 Å². The Balaban J connectivity index is 1.68. The summed E-state index contributed by atoms with van der Waals surface area (Å²) in [5, 5.41) is 13.8. The van der Waals surface area contributed by atoms with Gasteiger partial charge < -0.3 is 0 Å². The fraction of sp³-hybridized carbons (Fsp3) is 0.562. The molecule has 0 saturated heterocycles. The molecule has 2 nitrogen and oxygen atoms in total. The molecule has 2 atom stereocenters. The third kappa shape index (κ3) is 3.39. The van der Waals surface area contributed by atoms with Crippen molar-refractivity contribution in [1.29, 1.82) is 5.26 Å². The van der Waals surface area contributed by atoms with Crippen LogP contribution in [0.5, 0.6) is 0 Å². The van der Waals surface area contributed by atoms with E-state index in [1.165, 1.54) is 24.2 Å². The lowest BCUT2D eigenvalue weighted by Crippen LogP contribution is -2.49. The molecule has 0 heterocycles. The van der Waals surface area contributed by atoms with Crippen LogP contribution in [0.1, 0.15) is 38.5 Å². The number of thioether (sulfide) groups is 1. The summed E-state index contributed by atoms with van der Waals surface area (Å²) in [6.07, 6.45) is 6.81. The Morgan fingerprint density at radius 1 is 1.30 bits per heavy atom. The molecule has 1 N–H and O–H groups in total. The molecular formula is C16H19BrN2S. The van der Waals surface area contributed by atoms with Crippen LogP contribution in [0, 0.1) is 11.3 Å². The Morgan fingerprint density at radius 2 is 2.10 bits per heavy atom. The number of benzene rings is 1. The molecule has 0 aliphatic heterocycles. The number of hydrogen-bond acceptors (Lipinski definition) is 3. The largest absolute Gasteiger partial charge is 0.297 e. The van der Waals surface area contributed by atoms with Crippen molar-refractivity contribution < 1.29 is 0 Å². The average Bonchev–Trinajstić information content (AvgIpc) is 3.26. The minimum Gasteiger partial charge on any atom is -0.297 e. The highest BCUT2D eigenvalue weighted by atomic mass is 79.9. The molecule has 2 unspecified atom stereocenters. The van der Waals surface area contributed by atoms with Gasteiger partial charge in [-0.2, -0.15) is 5.26 Å². The van der Waals surface area contributed by atoms with Crippen molar-refractivity contribution in [3.8, 4) is 6.07 Å². The van der Waals surface area contributed by atoms with E-state index in [9.17, 15) is 5.26 Å². The summed E-state index contributed by atoms with van der Waals surface area (Å²) in [5.74, 6) is 0. The van der Waals surface area contributed by atoms with Crippen LogP contribution in [0.4, 0.5) is 0 Å². The minimum atomic E-state index is -0.279. The third-order valence-corrected chi connectivity index (χ3v) is 6.41. The normalized spacial score (nSPS) is 29.9. The van der Waals surface area contributed by atoms with Crippen molar-refractivity contribution in [3.63, 3.8) is 0 Å². The number of halogens is 1. The zero-order valence-corrected chi connectivity index (χ0v) is 13.8. The Bertz CT molecular complexity index is 523. The number of nitrogens with one attached hydrogen (secondary N) is 1. The van der Waals surface area contributed by atoms with Crippen molar-refractivity contribution in [2.45, 2.75) is 60.3 Å². The summed E-state index contributed by atoms with van der Waals surface area (Å²) >= 11 is 5.54. The molecule has 2 aliphatic rings. The fourth-order valence-electron chi connectivity index (χ4n) is 2.93. The van der Waals surface area contributed by atoms with Gasteiger partial charge in [-0.05, 0) is 66.6 Å². The lowest BCUT2D eigenvalue weighted by Gasteiger charge is -2.36. The second kappa shape index (κ2) is 6.09. The summed E-state index contributed by atoms with van der Waals surface area (Å²) in [6.45, 7) is 0. The van der Waals surface area contributed by atoms with Gasteiger partial charge in [-0.3, -0.25) is 5.32 Å². The third-order valence-electron chi connectivity index (χ3n) is 4.11. The number of nitrogens with zero attached hydrogens (tertiary/aromatic N) is 1. The second-order valence-corrected chi connectivity index (χ2v) is 8.08. The molecule has 0 bridgehead atoms. The molecule has 2 aliphatic carbocycles. The summed E-state index contributed by atoms with van der Waals surface area (Å²) in [4.78, 5) is 1.29. The lowest BCUT2D eigenvalue weighted by atomic mass is 9.82. The average molecular weight is 351 g/mol. The van der Waals surface area contributed by atoms with E-state index in [2.05, 4.69) is 45.5 Å². The number of hydrogen-bond donors (Lipinski definition) is 1. The maximum absolute atomic E-state index is 9.63. The first-order valence-electron chi connectivity index (χ1n) is 7.31. The highest BCUT2D eigenvalue weighted by Crippen LogP contribution is 2.41. The van der Waals surface area contributed by atoms with Gasteiger partial charge in [0.1, 0.15) is 5.54 Å². The van der Waals surface area contributed by atoms with E-state index < -0.39 is 0 Å². The van der Waals surface area contributed by atoms with Gasteiger partial charge >= 0.3 is 0 Å². The summed E-state index contributed by atoms with van der Waals surface area (Å²) in [5.41, 5.74) is -0.279. The molecule has 1 aromatic carbocycles. The Labute approximate surface area is 133 Å². The number of rotatable bonds is 4. The summed E-state index contributed by atoms with van der Waals surface area (Å²) < 4.78 is 1.16. The van der Waals surface area contributed by atoms with Crippen LogP contribution in [0.15, 0.2) is 33.6 Å². The van der Waals surface area contributed by atoms with Gasteiger partial charge in [-0.15, -0.1) is 11.8 Å². The van der Waals surface area contributed by atoms with Gasteiger partial charge in [0, 0.05) is 20.7 Å². The van der Waals surface area contributed by atoms with Crippen molar-refractivity contribution in [3.05, 3.63) is 28.7 Å². The fourth-order valence-corrected chi connectivity index (χ4v) is 4.84. The lowest BCUT2D eigenvalue weighted by molar-refractivity contribution is 0.301. The van der Waals surface area contributed by atoms with Crippen molar-refractivity contribution in [2.24, 2.45) is 0 Å². The second-order valence-electron chi connectivity index (χ2n) is 5.88. The van der Waals surface area contributed by atoms with E-state index in [0.29, 0.717) is 11.3 Å². The Morgan fingerprint density at radius 3 is 2.80 bits per heavy atom.